The minimum Gasteiger partial charge on any atom is -0.478 e. The van der Waals surface area contributed by atoms with Crippen LogP contribution >= 0.6 is 0 Å². The van der Waals surface area contributed by atoms with E-state index < -0.39 is 16.1 Å². The van der Waals surface area contributed by atoms with E-state index in [2.05, 4.69) is 0 Å². The molecule has 4 rings (SSSR count). The van der Waals surface area contributed by atoms with E-state index in [0.717, 1.165) is 11.5 Å². The zero-order valence-electron chi connectivity index (χ0n) is 14.0. The van der Waals surface area contributed by atoms with E-state index >= 15 is 0 Å². The Hall–Kier alpha value is -3.38. The number of rotatable bonds is 4. The zero-order valence-corrected chi connectivity index (χ0v) is 14.8. The zero-order chi connectivity index (χ0) is 19.0. The van der Waals surface area contributed by atoms with Crippen LogP contribution in [0.1, 0.15) is 10.4 Å². The van der Waals surface area contributed by atoms with Gasteiger partial charge in [-0.2, -0.15) is 8.42 Å². The van der Waals surface area contributed by atoms with Crippen LogP contribution in [0.3, 0.4) is 0 Å². The van der Waals surface area contributed by atoms with E-state index in [4.69, 9.17) is 4.18 Å². The van der Waals surface area contributed by atoms with Crippen molar-refractivity contribution >= 4 is 37.6 Å². The van der Waals surface area contributed by atoms with Gasteiger partial charge in [-0.15, -0.1) is 0 Å². The van der Waals surface area contributed by atoms with E-state index in [1.54, 1.807) is 48.5 Å². The van der Waals surface area contributed by atoms with Gasteiger partial charge in [-0.1, -0.05) is 60.7 Å². The molecule has 0 amide bonds. The summed E-state index contributed by atoms with van der Waals surface area (Å²) in [5.74, 6) is -1.01. The summed E-state index contributed by atoms with van der Waals surface area (Å²) in [5, 5.41) is 11.9. The fourth-order valence-electron chi connectivity index (χ4n) is 3.04. The second-order valence-corrected chi connectivity index (χ2v) is 7.56. The molecule has 0 radical (unpaired) electrons. The van der Waals surface area contributed by atoms with E-state index in [0.29, 0.717) is 16.2 Å². The van der Waals surface area contributed by atoms with Crippen LogP contribution < -0.4 is 4.18 Å². The lowest BCUT2D eigenvalue weighted by Crippen LogP contribution is -2.11. The molecule has 0 unspecified atom stereocenters. The van der Waals surface area contributed by atoms with Crippen molar-refractivity contribution < 1.29 is 22.5 Å². The molecular formula is C21H14O5S. The summed E-state index contributed by atoms with van der Waals surface area (Å²) in [6, 6.07) is 21.7. The quantitative estimate of drug-likeness (QED) is 0.530. The molecule has 1 N–H and O–H groups in total. The number of hydrogen-bond donors (Lipinski definition) is 1. The molecule has 0 bridgehead atoms. The third kappa shape index (κ3) is 3.11. The van der Waals surface area contributed by atoms with E-state index in [9.17, 15) is 18.3 Å². The Bertz CT molecular complexity index is 1290. The summed E-state index contributed by atoms with van der Waals surface area (Å²) in [6.45, 7) is 0. The number of benzene rings is 4. The molecule has 0 fully saturated rings. The van der Waals surface area contributed by atoms with Crippen LogP contribution in [0.15, 0.2) is 83.8 Å². The predicted molar refractivity (Wildman–Crippen MR) is 103 cm³/mol. The molecule has 0 atom stereocenters. The summed E-state index contributed by atoms with van der Waals surface area (Å²) >= 11 is 0. The Labute approximate surface area is 155 Å². The molecule has 27 heavy (non-hydrogen) atoms. The maximum atomic E-state index is 12.8. The van der Waals surface area contributed by atoms with Gasteiger partial charge < -0.3 is 9.29 Å². The van der Waals surface area contributed by atoms with Gasteiger partial charge >= 0.3 is 16.1 Å². The van der Waals surface area contributed by atoms with Crippen molar-refractivity contribution in [2.75, 3.05) is 0 Å². The SMILES string of the molecule is O=C(O)c1cc(S(=O)(=O)Oc2cccc3ccccc23)cc2ccccc12. The van der Waals surface area contributed by atoms with Gasteiger partial charge in [-0.05, 0) is 34.4 Å². The highest BCUT2D eigenvalue weighted by Crippen LogP contribution is 2.30. The highest BCUT2D eigenvalue weighted by Gasteiger charge is 2.22. The first-order valence-electron chi connectivity index (χ1n) is 8.14. The van der Waals surface area contributed by atoms with Crippen LogP contribution in [-0.4, -0.2) is 19.5 Å². The van der Waals surface area contributed by atoms with Crippen LogP contribution in [0, 0.1) is 0 Å². The Morgan fingerprint density at radius 2 is 1.41 bits per heavy atom. The van der Waals surface area contributed by atoms with Crippen LogP contribution in [0.4, 0.5) is 0 Å². The summed E-state index contributed by atoms with van der Waals surface area (Å²) < 4.78 is 31.1. The van der Waals surface area contributed by atoms with Crippen molar-refractivity contribution in [2.24, 2.45) is 0 Å². The molecule has 4 aromatic rings. The number of aromatic carboxylic acids is 1. The summed E-state index contributed by atoms with van der Waals surface area (Å²) in [7, 11) is -4.22. The first-order valence-corrected chi connectivity index (χ1v) is 9.55. The molecule has 0 spiro atoms. The third-order valence-corrected chi connectivity index (χ3v) is 5.52. The molecule has 4 aromatic carbocycles. The molecule has 0 heterocycles. The smallest absolute Gasteiger partial charge is 0.339 e. The molecular weight excluding hydrogens is 364 g/mol. The fraction of sp³-hybridized carbons (Fsp3) is 0. The van der Waals surface area contributed by atoms with Crippen molar-refractivity contribution in [1.82, 2.24) is 0 Å². The Balaban J connectivity index is 1.86. The topological polar surface area (TPSA) is 80.7 Å². The van der Waals surface area contributed by atoms with Gasteiger partial charge in [0.2, 0.25) is 0 Å². The lowest BCUT2D eigenvalue weighted by atomic mass is 10.0. The van der Waals surface area contributed by atoms with Crippen LogP contribution in [0.25, 0.3) is 21.5 Å². The summed E-state index contributed by atoms with van der Waals surface area (Å²) in [6.07, 6.45) is 0. The normalized spacial score (nSPS) is 11.6. The molecule has 0 saturated heterocycles. The fourth-order valence-corrected chi connectivity index (χ4v) is 4.05. The van der Waals surface area contributed by atoms with Gasteiger partial charge in [-0.25, -0.2) is 4.79 Å². The van der Waals surface area contributed by atoms with Crippen molar-refractivity contribution in [1.29, 1.82) is 0 Å². The highest BCUT2D eigenvalue weighted by molar-refractivity contribution is 7.87. The van der Waals surface area contributed by atoms with E-state index in [-0.39, 0.29) is 16.2 Å². The largest absolute Gasteiger partial charge is 0.478 e. The second-order valence-electron chi connectivity index (χ2n) is 6.01. The van der Waals surface area contributed by atoms with Crippen molar-refractivity contribution in [3.05, 3.63) is 84.4 Å². The van der Waals surface area contributed by atoms with Gasteiger partial charge in [0, 0.05) is 5.39 Å². The Morgan fingerprint density at radius 1 is 0.778 bits per heavy atom. The molecule has 0 aliphatic rings. The first kappa shape index (κ1) is 17.1. The number of fused-ring (bicyclic) bond motifs is 2. The minimum absolute atomic E-state index is 0.0896. The maximum absolute atomic E-state index is 12.8. The van der Waals surface area contributed by atoms with Gasteiger partial charge in [0.25, 0.3) is 0 Å². The number of carboxylic acid groups (broad SMARTS) is 1. The summed E-state index contributed by atoms with van der Waals surface area (Å²) in [4.78, 5) is 11.4. The lowest BCUT2D eigenvalue weighted by Gasteiger charge is -2.11. The van der Waals surface area contributed by atoms with Crippen LogP contribution in [0.2, 0.25) is 0 Å². The molecule has 5 nitrogen and oxygen atoms in total. The number of carboxylic acids is 1. The van der Waals surface area contributed by atoms with Crippen LogP contribution in [0.5, 0.6) is 5.75 Å². The molecule has 0 saturated carbocycles. The predicted octanol–water partition coefficient (Wildman–Crippen LogP) is 4.46. The van der Waals surface area contributed by atoms with Gasteiger partial charge in [0.15, 0.2) is 5.75 Å². The van der Waals surface area contributed by atoms with Crippen molar-refractivity contribution in [3.63, 3.8) is 0 Å². The standard InChI is InChI=1S/C21H14O5S/c22-21(23)19-13-16(12-15-7-2-3-9-17(15)19)27(24,25)26-20-11-5-8-14-6-1-4-10-18(14)20/h1-13H,(H,22,23). The molecule has 0 aliphatic carbocycles. The average Bonchev–Trinajstić information content (AvgIpc) is 2.67. The number of hydrogen-bond acceptors (Lipinski definition) is 4. The van der Waals surface area contributed by atoms with Crippen LogP contribution in [-0.2, 0) is 10.1 Å². The van der Waals surface area contributed by atoms with E-state index in [1.807, 2.05) is 18.2 Å². The maximum Gasteiger partial charge on any atom is 0.339 e. The van der Waals surface area contributed by atoms with Gasteiger partial charge in [0.1, 0.15) is 4.90 Å². The summed E-state index contributed by atoms with van der Waals surface area (Å²) in [5.41, 5.74) is -0.0896. The molecule has 0 aromatic heterocycles. The van der Waals surface area contributed by atoms with Gasteiger partial charge in [0.05, 0.1) is 5.56 Å². The highest BCUT2D eigenvalue weighted by atomic mass is 32.2. The van der Waals surface area contributed by atoms with Crippen molar-refractivity contribution in [3.8, 4) is 5.75 Å². The Kier molecular flexibility index (Phi) is 4.05. The molecule has 134 valence electrons. The molecule has 6 heteroatoms. The first-order chi connectivity index (χ1) is 13.0. The van der Waals surface area contributed by atoms with Crippen molar-refractivity contribution in [2.45, 2.75) is 4.90 Å². The molecule has 0 aliphatic heterocycles. The van der Waals surface area contributed by atoms with Gasteiger partial charge in [-0.3, -0.25) is 0 Å². The minimum atomic E-state index is -4.22. The number of carbonyl (C=O) groups is 1. The Morgan fingerprint density at radius 3 is 2.15 bits per heavy atom. The lowest BCUT2D eigenvalue weighted by molar-refractivity contribution is 0.0699. The average molecular weight is 378 g/mol. The monoisotopic (exact) mass is 378 g/mol. The second kappa shape index (κ2) is 6.41. The third-order valence-electron chi connectivity index (χ3n) is 4.30. The van der Waals surface area contributed by atoms with E-state index in [1.165, 1.54) is 6.07 Å².